The second kappa shape index (κ2) is 9.03. The first-order valence-corrected chi connectivity index (χ1v) is 10.9. The predicted molar refractivity (Wildman–Crippen MR) is 128 cm³/mol. The van der Waals surface area contributed by atoms with Crippen molar-refractivity contribution in [2.24, 2.45) is 0 Å². The quantitative estimate of drug-likeness (QED) is 0.400. The first kappa shape index (κ1) is 22.5. The van der Waals surface area contributed by atoms with Crippen LogP contribution in [0.1, 0.15) is 44.3 Å². The number of carbonyl (C=O) groups excluding carboxylic acids is 2. The molecule has 0 fully saturated rings. The van der Waals surface area contributed by atoms with Gasteiger partial charge in [-0.1, -0.05) is 29.3 Å². The molecule has 4 rings (SSSR count). The number of hydrogen-bond acceptors (Lipinski definition) is 5. The summed E-state index contributed by atoms with van der Waals surface area (Å²) in [5.41, 5.74) is 4.48. The van der Waals surface area contributed by atoms with E-state index in [0.717, 1.165) is 27.6 Å². The lowest BCUT2D eigenvalue weighted by atomic mass is 10.0. The minimum Gasteiger partial charge on any atom is -0.462 e. The van der Waals surface area contributed by atoms with E-state index in [9.17, 15) is 9.59 Å². The fourth-order valence-electron chi connectivity index (χ4n) is 3.75. The molecule has 0 atom stereocenters. The van der Waals surface area contributed by atoms with Crippen LogP contribution in [0.25, 0.3) is 16.7 Å². The molecular formula is C25H23ClN4O3. The van der Waals surface area contributed by atoms with Gasteiger partial charge in [-0.2, -0.15) is 9.78 Å². The van der Waals surface area contributed by atoms with Crippen molar-refractivity contribution in [2.45, 2.75) is 27.7 Å². The highest BCUT2D eigenvalue weighted by Crippen LogP contribution is 2.27. The number of aryl methyl sites for hydroxylation is 3. The van der Waals surface area contributed by atoms with Gasteiger partial charge in [0.1, 0.15) is 5.56 Å². The average molecular weight is 463 g/mol. The van der Waals surface area contributed by atoms with Crippen molar-refractivity contribution in [3.05, 3.63) is 81.5 Å². The summed E-state index contributed by atoms with van der Waals surface area (Å²) in [6.45, 7) is 7.94. The molecule has 0 bridgehead atoms. The van der Waals surface area contributed by atoms with Gasteiger partial charge in [-0.25, -0.2) is 9.78 Å². The van der Waals surface area contributed by atoms with Crippen LogP contribution in [0.5, 0.6) is 0 Å². The summed E-state index contributed by atoms with van der Waals surface area (Å²) in [6, 6.07) is 12.6. The van der Waals surface area contributed by atoms with Crippen LogP contribution >= 0.6 is 11.6 Å². The van der Waals surface area contributed by atoms with Crippen LogP contribution < -0.4 is 5.32 Å². The highest BCUT2D eigenvalue weighted by atomic mass is 35.5. The third-order valence-corrected chi connectivity index (χ3v) is 5.48. The van der Waals surface area contributed by atoms with Crippen molar-refractivity contribution in [2.75, 3.05) is 11.9 Å². The molecule has 33 heavy (non-hydrogen) atoms. The van der Waals surface area contributed by atoms with Gasteiger partial charge in [0.05, 0.1) is 18.3 Å². The number of ether oxygens (including phenoxy) is 1. The molecule has 2 heterocycles. The molecule has 1 amide bonds. The Hall–Kier alpha value is -3.71. The summed E-state index contributed by atoms with van der Waals surface area (Å²) < 4.78 is 6.61. The van der Waals surface area contributed by atoms with Crippen molar-refractivity contribution >= 4 is 40.2 Å². The maximum absolute atomic E-state index is 13.0. The van der Waals surface area contributed by atoms with Crippen LogP contribution in [-0.2, 0) is 4.74 Å². The van der Waals surface area contributed by atoms with Crippen molar-refractivity contribution < 1.29 is 14.3 Å². The Morgan fingerprint density at radius 3 is 2.61 bits per heavy atom. The second-order valence-corrected chi connectivity index (χ2v) is 8.22. The van der Waals surface area contributed by atoms with Gasteiger partial charge in [-0.3, -0.25) is 4.79 Å². The van der Waals surface area contributed by atoms with Gasteiger partial charge >= 0.3 is 5.97 Å². The Morgan fingerprint density at radius 2 is 1.88 bits per heavy atom. The Balaban J connectivity index is 1.85. The van der Waals surface area contributed by atoms with E-state index in [1.165, 1.54) is 10.9 Å². The van der Waals surface area contributed by atoms with Crippen molar-refractivity contribution in [1.29, 1.82) is 0 Å². The zero-order valence-corrected chi connectivity index (χ0v) is 19.5. The largest absolute Gasteiger partial charge is 0.462 e. The standard InChI is InChI=1S/C25H23ClN4O3/c1-5-33-25(32)20-13-27-30(23(20)29-24(31)17-7-6-8-18(26)12-17)21-11-15(3)19-10-14(2)9-16(4)22(19)28-21/h6-13H,5H2,1-4H3,(H,29,31). The van der Waals surface area contributed by atoms with Crippen LogP contribution in [0.4, 0.5) is 5.82 Å². The lowest BCUT2D eigenvalue weighted by molar-refractivity contribution is 0.0527. The molecule has 0 spiro atoms. The molecule has 2 aromatic heterocycles. The second-order valence-electron chi connectivity index (χ2n) is 7.78. The van der Waals surface area contributed by atoms with Crippen LogP contribution in [-0.4, -0.2) is 33.2 Å². The number of pyridine rings is 1. The van der Waals surface area contributed by atoms with Gasteiger partial charge in [0.25, 0.3) is 5.91 Å². The number of nitrogens with zero attached hydrogens (tertiary/aromatic N) is 3. The zero-order chi connectivity index (χ0) is 23.7. The molecule has 0 saturated heterocycles. The molecule has 168 valence electrons. The lowest BCUT2D eigenvalue weighted by Gasteiger charge is -2.13. The van der Waals surface area contributed by atoms with E-state index >= 15 is 0 Å². The molecule has 1 N–H and O–H groups in total. The highest BCUT2D eigenvalue weighted by molar-refractivity contribution is 6.31. The Bertz CT molecular complexity index is 1390. The predicted octanol–water partition coefficient (Wildman–Crippen LogP) is 5.43. The zero-order valence-electron chi connectivity index (χ0n) is 18.8. The number of amides is 1. The minimum absolute atomic E-state index is 0.132. The van der Waals surface area contributed by atoms with E-state index in [1.807, 2.05) is 26.8 Å². The minimum atomic E-state index is -0.588. The number of fused-ring (bicyclic) bond motifs is 1. The molecule has 0 saturated carbocycles. The van der Waals surface area contributed by atoms with Crippen LogP contribution in [0.15, 0.2) is 48.7 Å². The number of benzene rings is 2. The van der Waals surface area contributed by atoms with Crippen molar-refractivity contribution in [1.82, 2.24) is 14.8 Å². The fraction of sp³-hybridized carbons (Fsp3) is 0.200. The van der Waals surface area contributed by atoms with Gasteiger partial charge in [-0.05, 0) is 69.2 Å². The molecule has 4 aromatic rings. The number of carbonyl (C=O) groups is 2. The molecule has 0 radical (unpaired) electrons. The van der Waals surface area contributed by atoms with E-state index < -0.39 is 11.9 Å². The Labute approximate surface area is 196 Å². The fourth-order valence-corrected chi connectivity index (χ4v) is 3.94. The molecule has 0 aliphatic heterocycles. The summed E-state index contributed by atoms with van der Waals surface area (Å²) >= 11 is 6.04. The third kappa shape index (κ3) is 4.45. The van der Waals surface area contributed by atoms with E-state index in [2.05, 4.69) is 22.5 Å². The molecular weight excluding hydrogens is 440 g/mol. The number of anilines is 1. The molecule has 0 aliphatic rings. The van der Waals surface area contributed by atoms with Gasteiger partial charge in [0.2, 0.25) is 0 Å². The molecule has 7 nitrogen and oxygen atoms in total. The number of hydrogen-bond donors (Lipinski definition) is 1. The third-order valence-electron chi connectivity index (χ3n) is 5.24. The van der Waals surface area contributed by atoms with Gasteiger partial charge in [0, 0.05) is 16.0 Å². The van der Waals surface area contributed by atoms with Crippen molar-refractivity contribution in [3.63, 3.8) is 0 Å². The maximum Gasteiger partial charge on any atom is 0.343 e. The first-order valence-electron chi connectivity index (χ1n) is 10.5. The number of halogens is 1. The number of aromatic nitrogens is 3. The number of rotatable bonds is 5. The van der Waals surface area contributed by atoms with E-state index in [0.29, 0.717) is 16.4 Å². The molecule has 0 unspecified atom stereocenters. The van der Waals surface area contributed by atoms with E-state index in [1.54, 1.807) is 31.2 Å². The van der Waals surface area contributed by atoms with Gasteiger partial charge in [-0.15, -0.1) is 0 Å². The summed E-state index contributed by atoms with van der Waals surface area (Å²) in [5, 5.41) is 8.63. The average Bonchev–Trinajstić information content (AvgIpc) is 3.18. The SMILES string of the molecule is CCOC(=O)c1cnn(-c2cc(C)c3cc(C)cc(C)c3n2)c1NC(=O)c1cccc(Cl)c1. The lowest BCUT2D eigenvalue weighted by Crippen LogP contribution is -2.18. The number of nitrogens with one attached hydrogen (secondary N) is 1. The van der Waals surface area contributed by atoms with Crippen LogP contribution in [0.3, 0.4) is 0 Å². The van der Waals surface area contributed by atoms with E-state index in [-0.39, 0.29) is 18.0 Å². The summed E-state index contributed by atoms with van der Waals surface area (Å²) in [6.07, 6.45) is 1.37. The number of esters is 1. The Kier molecular flexibility index (Phi) is 6.16. The Morgan fingerprint density at radius 1 is 1.09 bits per heavy atom. The van der Waals surface area contributed by atoms with Crippen LogP contribution in [0.2, 0.25) is 5.02 Å². The highest BCUT2D eigenvalue weighted by Gasteiger charge is 2.23. The smallest absolute Gasteiger partial charge is 0.343 e. The van der Waals surface area contributed by atoms with Crippen molar-refractivity contribution in [3.8, 4) is 5.82 Å². The summed E-state index contributed by atoms with van der Waals surface area (Å²) in [5.74, 6) is -0.373. The monoisotopic (exact) mass is 462 g/mol. The van der Waals surface area contributed by atoms with Gasteiger partial charge in [0.15, 0.2) is 11.6 Å². The summed E-state index contributed by atoms with van der Waals surface area (Å²) in [7, 11) is 0. The maximum atomic E-state index is 13.0. The first-order chi connectivity index (χ1) is 15.8. The van der Waals surface area contributed by atoms with Crippen LogP contribution in [0, 0.1) is 20.8 Å². The molecule has 0 aliphatic carbocycles. The molecule has 8 heteroatoms. The topological polar surface area (TPSA) is 86.1 Å². The summed E-state index contributed by atoms with van der Waals surface area (Å²) in [4.78, 5) is 30.3. The van der Waals surface area contributed by atoms with Gasteiger partial charge < -0.3 is 10.1 Å². The normalized spacial score (nSPS) is 10.9. The molecule has 2 aromatic carbocycles. The van der Waals surface area contributed by atoms with E-state index in [4.69, 9.17) is 21.3 Å².